The van der Waals surface area contributed by atoms with Crippen molar-refractivity contribution in [2.24, 2.45) is 0 Å². The molecule has 0 aliphatic heterocycles. The lowest BCUT2D eigenvalue weighted by atomic mass is 10.0. The van der Waals surface area contributed by atoms with Crippen molar-refractivity contribution >= 4 is 12.1 Å². The van der Waals surface area contributed by atoms with E-state index in [0.717, 1.165) is 12.8 Å². The van der Waals surface area contributed by atoms with Crippen molar-refractivity contribution in [1.29, 1.82) is 0 Å². The second-order valence-electron chi connectivity index (χ2n) is 9.06. The molecule has 176 valence electrons. The summed E-state index contributed by atoms with van der Waals surface area (Å²) in [6.45, 7) is 9.96. The summed E-state index contributed by atoms with van der Waals surface area (Å²) in [4.78, 5) is 23.6. The number of ether oxygens (including phenoxy) is 2. The van der Waals surface area contributed by atoms with Gasteiger partial charge in [-0.3, -0.25) is 0 Å². The molecule has 0 saturated heterocycles. The van der Waals surface area contributed by atoms with Crippen LogP contribution in [-0.4, -0.2) is 30.3 Å². The largest absolute Gasteiger partial charge is 0.463 e. The molecule has 1 atom stereocenters. The number of alkyl carbamates (subject to hydrolysis) is 1. The highest BCUT2D eigenvalue weighted by atomic mass is 16.6. The molecule has 0 unspecified atom stereocenters. The molecule has 0 rings (SSSR count). The van der Waals surface area contributed by atoms with E-state index in [9.17, 15) is 9.59 Å². The first kappa shape index (κ1) is 28.5. The first-order valence-corrected chi connectivity index (χ1v) is 12.1. The lowest BCUT2D eigenvalue weighted by Crippen LogP contribution is -2.39. The van der Waals surface area contributed by atoms with Gasteiger partial charge < -0.3 is 14.8 Å². The van der Waals surface area contributed by atoms with Crippen molar-refractivity contribution < 1.29 is 19.1 Å². The molecule has 0 aromatic carbocycles. The van der Waals surface area contributed by atoms with Crippen LogP contribution in [0.25, 0.3) is 0 Å². The maximum Gasteiger partial charge on any atom is 0.407 e. The molecule has 1 amide bonds. The summed E-state index contributed by atoms with van der Waals surface area (Å²) in [5.74, 6) is -0.344. The van der Waals surface area contributed by atoms with E-state index in [4.69, 9.17) is 9.47 Å². The number of nitrogens with one attached hydrogen (secondary N) is 1. The predicted molar refractivity (Wildman–Crippen MR) is 125 cm³/mol. The van der Waals surface area contributed by atoms with Crippen LogP contribution in [0.15, 0.2) is 12.2 Å². The van der Waals surface area contributed by atoms with Gasteiger partial charge in [0.25, 0.3) is 0 Å². The molecule has 0 radical (unpaired) electrons. The minimum atomic E-state index is -0.522. The molecule has 0 fully saturated rings. The smallest absolute Gasteiger partial charge is 0.407 e. The van der Waals surface area contributed by atoms with Crippen molar-refractivity contribution in [3.63, 3.8) is 0 Å². The zero-order chi connectivity index (χ0) is 22.7. The number of unbranched alkanes of at least 4 members (excludes halogenated alkanes) is 10. The Balaban J connectivity index is 4.15. The molecule has 0 aliphatic rings. The van der Waals surface area contributed by atoms with E-state index in [1.54, 1.807) is 13.0 Å². The maximum atomic E-state index is 12.1. The van der Waals surface area contributed by atoms with Crippen molar-refractivity contribution in [3.05, 3.63) is 12.2 Å². The average Bonchev–Trinajstić information content (AvgIpc) is 2.64. The highest BCUT2D eigenvalue weighted by Crippen LogP contribution is 2.14. The van der Waals surface area contributed by atoms with Crippen LogP contribution in [0.5, 0.6) is 0 Å². The van der Waals surface area contributed by atoms with E-state index >= 15 is 0 Å². The zero-order valence-corrected chi connectivity index (χ0v) is 20.3. The van der Waals surface area contributed by atoms with Crippen LogP contribution in [0.4, 0.5) is 4.79 Å². The van der Waals surface area contributed by atoms with Gasteiger partial charge in [-0.2, -0.15) is 0 Å². The van der Waals surface area contributed by atoms with Gasteiger partial charge in [0, 0.05) is 12.1 Å². The van der Waals surface area contributed by atoms with Crippen LogP contribution in [0.1, 0.15) is 118 Å². The number of hydrogen-bond acceptors (Lipinski definition) is 4. The number of carbonyl (C=O) groups is 2. The molecule has 5 heteroatoms. The van der Waals surface area contributed by atoms with E-state index in [1.807, 2.05) is 20.8 Å². The van der Waals surface area contributed by atoms with Gasteiger partial charge in [0.2, 0.25) is 0 Å². The average molecular weight is 426 g/mol. The van der Waals surface area contributed by atoms with Gasteiger partial charge in [-0.25, -0.2) is 9.59 Å². The van der Waals surface area contributed by atoms with Gasteiger partial charge in [-0.1, -0.05) is 83.6 Å². The Hall–Kier alpha value is -1.52. The van der Waals surface area contributed by atoms with Crippen molar-refractivity contribution in [2.75, 3.05) is 6.61 Å². The summed E-state index contributed by atoms with van der Waals surface area (Å²) in [5.41, 5.74) is -0.522. The van der Waals surface area contributed by atoms with Crippen LogP contribution in [0.2, 0.25) is 0 Å². The standard InChI is InChI=1S/C25H47NO4/c1-6-8-9-10-11-12-13-14-15-16-17-19-22(20-18-21-23(27)29-7-2)26-24(28)30-25(3,4)5/h18,21-22H,6-17,19-20H2,1-5H3,(H,26,28)/b21-18-/t22-/m1/s1. The lowest BCUT2D eigenvalue weighted by Gasteiger charge is -2.23. The minimum Gasteiger partial charge on any atom is -0.463 e. The molecule has 0 aliphatic carbocycles. The second kappa shape index (κ2) is 18.3. The van der Waals surface area contributed by atoms with E-state index in [-0.39, 0.29) is 12.0 Å². The van der Waals surface area contributed by atoms with E-state index in [0.29, 0.717) is 13.0 Å². The number of rotatable bonds is 17. The van der Waals surface area contributed by atoms with Gasteiger partial charge >= 0.3 is 12.1 Å². The molecule has 0 aromatic heterocycles. The molecule has 30 heavy (non-hydrogen) atoms. The molecule has 5 nitrogen and oxygen atoms in total. The van der Waals surface area contributed by atoms with Crippen molar-refractivity contribution in [2.45, 2.75) is 130 Å². The third-order valence-corrected chi connectivity index (χ3v) is 4.84. The molecule has 0 spiro atoms. The van der Waals surface area contributed by atoms with E-state index < -0.39 is 11.7 Å². The first-order valence-electron chi connectivity index (χ1n) is 12.1. The lowest BCUT2D eigenvalue weighted by molar-refractivity contribution is -0.137. The Kier molecular flexibility index (Phi) is 17.3. The monoisotopic (exact) mass is 425 g/mol. The van der Waals surface area contributed by atoms with Gasteiger partial charge in [-0.05, 0) is 40.5 Å². The fraction of sp³-hybridized carbons (Fsp3) is 0.840. The molecule has 0 heterocycles. The fourth-order valence-electron chi connectivity index (χ4n) is 3.30. The van der Waals surface area contributed by atoms with E-state index in [1.165, 1.54) is 70.3 Å². The van der Waals surface area contributed by atoms with Crippen LogP contribution in [0, 0.1) is 0 Å². The number of amides is 1. The normalized spacial score (nSPS) is 12.7. The Morgan fingerprint density at radius 3 is 1.90 bits per heavy atom. The van der Waals surface area contributed by atoms with Gasteiger partial charge in [0.1, 0.15) is 5.60 Å². The summed E-state index contributed by atoms with van der Waals surface area (Å²) in [5, 5.41) is 2.95. The molecular weight excluding hydrogens is 378 g/mol. The fourth-order valence-corrected chi connectivity index (χ4v) is 3.30. The Morgan fingerprint density at radius 2 is 1.40 bits per heavy atom. The highest BCUT2D eigenvalue weighted by Gasteiger charge is 2.19. The van der Waals surface area contributed by atoms with Crippen LogP contribution < -0.4 is 5.32 Å². The van der Waals surface area contributed by atoms with Crippen LogP contribution >= 0.6 is 0 Å². The zero-order valence-electron chi connectivity index (χ0n) is 20.3. The van der Waals surface area contributed by atoms with E-state index in [2.05, 4.69) is 12.2 Å². The second-order valence-corrected chi connectivity index (χ2v) is 9.06. The summed E-state index contributed by atoms with van der Waals surface area (Å²) < 4.78 is 10.3. The first-order chi connectivity index (χ1) is 14.3. The van der Waals surface area contributed by atoms with Gasteiger partial charge in [0.05, 0.1) is 6.61 Å². The summed E-state index contributed by atoms with van der Waals surface area (Å²) in [6, 6.07) is -0.0379. The minimum absolute atomic E-state index is 0.0379. The Labute approximate surface area is 185 Å². The highest BCUT2D eigenvalue weighted by molar-refractivity contribution is 5.81. The summed E-state index contributed by atoms with van der Waals surface area (Å²) >= 11 is 0. The molecule has 0 bridgehead atoms. The quantitative estimate of drug-likeness (QED) is 0.153. The third kappa shape index (κ3) is 19.8. The Morgan fingerprint density at radius 1 is 0.867 bits per heavy atom. The van der Waals surface area contributed by atoms with Gasteiger partial charge in [0.15, 0.2) is 0 Å². The SMILES string of the molecule is CCCCCCCCCCCCC[C@H](C/C=C\C(=O)OCC)NC(=O)OC(C)(C)C. The van der Waals surface area contributed by atoms with Crippen molar-refractivity contribution in [1.82, 2.24) is 5.32 Å². The molecule has 1 N–H and O–H groups in total. The summed E-state index contributed by atoms with van der Waals surface area (Å²) in [6.07, 6.45) is 18.5. The maximum absolute atomic E-state index is 12.1. The predicted octanol–water partition coefficient (Wildman–Crippen LogP) is 7.09. The number of hydrogen-bond donors (Lipinski definition) is 1. The molecule has 0 saturated carbocycles. The molecular formula is C25H47NO4. The third-order valence-electron chi connectivity index (χ3n) is 4.84. The Bertz CT molecular complexity index is 468. The van der Waals surface area contributed by atoms with Crippen LogP contribution in [-0.2, 0) is 14.3 Å². The van der Waals surface area contributed by atoms with Crippen LogP contribution in [0.3, 0.4) is 0 Å². The topological polar surface area (TPSA) is 64.6 Å². The number of carbonyl (C=O) groups excluding carboxylic acids is 2. The number of esters is 1. The van der Waals surface area contributed by atoms with Crippen molar-refractivity contribution in [3.8, 4) is 0 Å². The summed E-state index contributed by atoms with van der Waals surface area (Å²) in [7, 11) is 0. The van der Waals surface area contributed by atoms with Gasteiger partial charge in [-0.15, -0.1) is 0 Å². The molecule has 0 aromatic rings.